The lowest BCUT2D eigenvalue weighted by Crippen LogP contribution is -2.27. The van der Waals surface area contributed by atoms with Gasteiger partial charge < -0.3 is 10.2 Å². The fourth-order valence-corrected chi connectivity index (χ4v) is 0.869. The van der Waals surface area contributed by atoms with Crippen LogP contribution in [-0.4, -0.2) is 22.3 Å². The number of aliphatic carboxylic acids is 1. The summed E-state index contributed by atoms with van der Waals surface area (Å²) in [5, 5.41) is 16.9. The summed E-state index contributed by atoms with van der Waals surface area (Å²) < 4.78 is 0. The Kier molecular flexibility index (Phi) is 1.93. The molecule has 0 heterocycles. The zero-order valence-corrected chi connectivity index (χ0v) is 5.37. The molecular weight excluding hydrogens is 132 g/mol. The van der Waals surface area contributed by atoms with Gasteiger partial charge in [0, 0.05) is 11.8 Å². The van der Waals surface area contributed by atoms with Crippen LogP contribution in [0.2, 0.25) is 0 Å². The van der Waals surface area contributed by atoms with Crippen molar-refractivity contribution in [3.8, 4) is 11.8 Å². The monoisotopic (exact) mass is 140 g/mol. The SMILES string of the molecule is O=C(O)C#CC1CC(O)C1. The molecule has 0 aromatic rings. The molecule has 1 aliphatic rings. The summed E-state index contributed by atoms with van der Waals surface area (Å²) in [4.78, 5) is 9.89. The third kappa shape index (κ3) is 1.74. The Balaban J connectivity index is 2.29. The molecule has 1 rings (SSSR count). The second-order valence-electron chi connectivity index (χ2n) is 2.40. The van der Waals surface area contributed by atoms with Gasteiger partial charge in [-0.15, -0.1) is 0 Å². The first kappa shape index (κ1) is 7.10. The van der Waals surface area contributed by atoms with E-state index in [0.29, 0.717) is 12.8 Å². The minimum Gasteiger partial charge on any atom is -0.472 e. The number of carboxylic acid groups (broad SMARTS) is 1. The van der Waals surface area contributed by atoms with Gasteiger partial charge in [0.25, 0.3) is 0 Å². The number of rotatable bonds is 0. The van der Waals surface area contributed by atoms with Crippen LogP contribution in [-0.2, 0) is 4.79 Å². The number of carboxylic acids is 1. The number of hydrogen-bond acceptors (Lipinski definition) is 2. The molecule has 0 aliphatic heterocycles. The topological polar surface area (TPSA) is 57.5 Å². The molecule has 3 nitrogen and oxygen atoms in total. The van der Waals surface area contributed by atoms with Gasteiger partial charge in [-0.05, 0) is 12.8 Å². The molecule has 0 amide bonds. The molecule has 1 saturated carbocycles. The molecule has 2 N–H and O–H groups in total. The van der Waals surface area contributed by atoms with Crippen LogP contribution in [0.3, 0.4) is 0 Å². The van der Waals surface area contributed by atoms with Crippen LogP contribution in [0.5, 0.6) is 0 Å². The highest BCUT2D eigenvalue weighted by molar-refractivity contribution is 5.86. The fraction of sp³-hybridized carbons (Fsp3) is 0.571. The van der Waals surface area contributed by atoms with Crippen LogP contribution in [0.4, 0.5) is 0 Å². The van der Waals surface area contributed by atoms with Crippen molar-refractivity contribution in [2.45, 2.75) is 18.9 Å². The minimum absolute atomic E-state index is 0.103. The van der Waals surface area contributed by atoms with Gasteiger partial charge in [-0.2, -0.15) is 0 Å². The summed E-state index contributed by atoms with van der Waals surface area (Å²) in [6.45, 7) is 0. The summed E-state index contributed by atoms with van der Waals surface area (Å²) >= 11 is 0. The Labute approximate surface area is 58.7 Å². The fourth-order valence-electron chi connectivity index (χ4n) is 0.869. The van der Waals surface area contributed by atoms with E-state index in [-0.39, 0.29) is 12.0 Å². The Morgan fingerprint density at radius 1 is 1.50 bits per heavy atom. The molecule has 3 heteroatoms. The van der Waals surface area contributed by atoms with Crippen molar-refractivity contribution in [3.05, 3.63) is 0 Å². The predicted molar refractivity (Wildman–Crippen MR) is 34.1 cm³/mol. The number of hydrogen-bond donors (Lipinski definition) is 2. The van der Waals surface area contributed by atoms with Gasteiger partial charge >= 0.3 is 5.97 Å². The minimum atomic E-state index is -1.10. The van der Waals surface area contributed by atoms with Gasteiger partial charge in [0.1, 0.15) is 0 Å². The normalized spacial score (nSPS) is 29.7. The largest absolute Gasteiger partial charge is 0.472 e. The Bertz CT molecular complexity index is 193. The molecule has 0 radical (unpaired) electrons. The summed E-state index contributed by atoms with van der Waals surface area (Å²) in [7, 11) is 0. The quantitative estimate of drug-likeness (QED) is 0.460. The molecule has 0 aromatic carbocycles. The standard InChI is InChI=1S/C7H8O3/c8-6-3-5(4-6)1-2-7(9)10/h5-6,8H,3-4H2,(H,9,10). The molecule has 0 unspecified atom stereocenters. The van der Waals surface area contributed by atoms with Crippen molar-refractivity contribution in [1.82, 2.24) is 0 Å². The summed E-state index contributed by atoms with van der Waals surface area (Å²) in [6, 6.07) is 0. The maximum Gasteiger partial charge on any atom is 0.381 e. The zero-order chi connectivity index (χ0) is 7.56. The number of aliphatic hydroxyl groups excluding tert-OH is 1. The number of aliphatic hydroxyl groups is 1. The van der Waals surface area contributed by atoms with E-state index in [1.165, 1.54) is 0 Å². The van der Waals surface area contributed by atoms with Crippen molar-refractivity contribution >= 4 is 5.97 Å². The highest BCUT2D eigenvalue weighted by Crippen LogP contribution is 2.25. The van der Waals surface area contributed by atoms with Crippen LogP contribution in [0.25, 0.3) is 0 Å². The van der Waals surface area contributed by atoms with Crippen molar-refractivity contribution in [3.63, 3.8) is 0 Å². The van der Waals surface area contributed by atoms with Crippen LogP contribution in [0.1, 0.15) is 12.8 Å². The van der Waals surface area contributed by atoms with Gasteiger partial charge in [-0.3, -0.25) is 0 Å². The molecule has 0 aromatic heterocycles. The van der Waals surface area contributed by atoms with Crippen LogP contribution in [0, 0.1) is 17.8 Å². The second-order valence-corrected chi connectivity index (χ2v) is 2.40. The zero-order valence-electron chi connectivity index (χ0n) is 5.37. The first-order chi connectivity index (χ1) is 4.68. The highest BCUT2D eigenvalue weighted by atomic mass is 16.4. The van der Waals surface area contributed by atoms with Gasteiger partial charge in [0.05, 0.1) is 6.10 Å². The third-order valence-corrected chi connectivity index (χ3v) is 1.50. The summed E-state index contributed by atoms with van der Waals surface area (Å²) in [5.41, 5.74) is 0. The molecule has 0 saturated heterocycles. The van der Waals surface area contributed by atoms with Crippen LogP contribution >= 0.6 is 0 Å². The average Bonchev–Trinajstić information content (AvgIpc) is 1.77. The Morgan fingerprint density at radius 2 is 2.10 bits per heavy atom. The molecule has 10 heavy (non-hydrogen) atoms. The first-order valence-electron chi connectivity index (χ1n) is 3.11. The van der Waals surface area contributed by atoms with E-state index >= 15 is 0 Å². The summed E-state index contributed by atoms with van der Waals surface area (Å²) in [5.74, 6) is 3.57. The lowest BCUT2D eigenvalue weighted by Gasteiger charge is -2.26. The van der Waals surface area contributed by atoms with Gasteiger partial charge in [0.15, 0.2) is 0 Å². The van der Waals surface area contributed by atoms with E-state index in [4.69, 9.17) is 10.2 Å². The molecule has 54 valence electrons. The first-order valence-corrected chi connectivity index (χ1v) is 3.11. The van der Waals surface area contributed by atoms with Crippen LogP contribution in [0.15, 0.2) is 0 Å². The number of carbonyl (C=O) groups is 1. The van der Waals surface area contributed by atoms with Crippen molar-refractivity contribution in [2.75, 3.05) is 0 Å². The third-order valence-electron chi connectivity index (χ3n) is 1.50. The van der Waals surface area contributed by atoms with E-state index in [2.05, 4.69) is 5.92 Å². The smallest absolute Gasteiger partial charge is 0.381 e. The van der Waals surface area contributed by atoms with Gasteiger partial charge in [-0.25, -0.2) is 4.79 Å². The van der Waals surface area contributed by atoms with E-state index < -0.39 is 5.97 Å². The van der Waals surface area contributed by atoms with E-state index in [0.717, 1.165) is 0 Å². The lowest BCUT2D eigenvalue weighted by molar-refractivity contribution is -0.130. The summed E-state index contributed by atoms with van der Waals surface area (Å²) in [6.07, 6.45) is 0.994. The maximum atomic E-state index is 9.89. The lowest BCUT2D eigenvalue weighted by atomic mass is 9.83. The van der Waals surface area contributed by atoms with E-state index in [1.807, 2.05) is 5.92 Å². The van der Waals surface area contributed by atoms with Crippen molar-refractivity contribution < 1.29 is 15.0 Å². The average molecular weight is 140 g/mol. The second kappa shape index (κ2) is 2.72. The van der Waals surface area contributed by atoms with Crippen molar-refractivity contribution in [1.29, 1.82) is 0 Å². The van der Waals surface area contributed by atoms with Gasteiger partial charge in [0.2, 0.25) is 0 Å². The van der Waals surface area contributed by atoms with Crippen LogP contribution < -0.4 is 0 Å². The molecule has 0 bridgehead atoms. The molecule has 1 aliphatic carbocycles. The molecule has 0 spiro atoms. The highest BCUT2D eigenvalue weighted by Gasteiger charge is 2.25. The van der Waals surface area contributed by atoms with E-state index in [9.17, 15) is 4.79 Å². The van der Waals surface area contributed by atoms with E-state index in [1.54, 1.807) is 0 Å². The molecule has 0 atom stereocenters. The Morgan fingerprint density at radius 3 is 2.50 bits per heavy atom. The van der Waals surface area contributed by atoms with Gasteiger partial charge in [-0.1, -0.05) is 5.92 Å². The van der Waals surface area contributed by atoms with Crippen molar-refractivity contribution in [2.24, 2.45) is 5.92 Å². The predicted octanol–water partition coefficient (Wildman–Crippen LogP) is -0.155. The molecular formula is C7H8O3. The maximum absolute atomic E-state index is 9.89. The Hall–Kier alpha value is -1.01. The molecule has 1 fully saturated rings.